The minimum absolute atomic E-state index is 0.0290. The van der Waals surface area contributed by atoms with Crippen molar-refractivity contribution in [3.8, 4) is 0 Å². The van der Waals surface area contributed by atoms with Gasteiger partial charge in [0.05, 0.1) is 10.8 Å². The molecule has 3 amide bonds. The third-order valence-corrected chi connectivity index (χ3v) is 9.60. The van der Waals surface area contributed by atoms with Crippen LogP contribution in [0.1, 0.15) is 0 Å². The minimum atomic E-state index is -1.18. The molecule has 1 aromatic carbocycles. The van der Waals surface area contributed by atoms with Gasteiger partial charge >= 0.3 is 5.97 Å². The summed E-state index contributed by atoms with van der Waals surface area (Å²) in [6, 6.07) is 7.77. The van der Waals surface area contributed by atoms with Crippen LogP contribution >= 0.6 is 58.5 Å². The highest BCUT2D eigenvalue weighted by molar-refractivity contribution is 8.01. The summed E-state index contributed by atoms with van der Waals surface area (Å²) in [5.74, 6) is -1.63. The average Bonchev–Trinajstić information content (AvgIpc) is 2.86. The number of halogens is 2. The van der Waals surface area contributed by atoms with Crippen molar-refractivity contribution < 1.29 is 28.9 Å². The van der Waals surface area contributed by atoms with Crippen LogP contribution in [0.25, 0.3) is 0 Å². The Morgan fingerprint density at radius 2 is 1.92 bits per heavy atom. The third kappa shape index (κ3) is 6.55. The zero-order chi connectivity index (χ0) is 26.7. The number of β-lactam (4-membered cyclic amide) rings is 1. The number of nitrogens with zero attached hydrogens (tertiary/aromatic N) is 2. The molecule has 2 aliphatic rings. The van der Waals surface area contributed by atoms with E-state index in [0.29, 0.717) is 32.0 Å². The fourth-order valence-electron chi connectivity index (χ4n) is 3.74. The number of carboxylic acid groups (broad SMARTS) is 1. The highest BCUT2D eigenvalue weighted by Gasteiger charge is 2.54. The number of hydrogen-bond donors (Lipinski definition) is 3. The Morgan fingerprint density at radius 3 is 2.59 bits per heavy atom. The Balaban J connectivity index is 1.37. The fourth-order valence-corrected chi connectivity index (χ4v) is 7.41. The third-order valence-electron chi connectivity index (χ3n) is 5.43. The SMILES string of the molecule is NC(=O)C[n+]1ccc(SCC2=C(C(=O)O)N3C(=O)[C@@H](NC(=O)CSc4cc(Cl)ccc4Cl)[C@H]3SC2)cc1. The van der Waals surface area contributed by atoms with Crippen molar-refractivity contribution in [3.63, 3.8) is 0 Å². The van der Waals surface area contributed by atoms with Gasteiger partial charge in [0.1, 0.15) is 17.1 Å². The van der Waals surface area contributed by atoms with Crippen molar-refractivity contribution in [1.29, 1.82) is 0 Å². The Labute approximate surface area is 235 Å². The van der Waals surface area contributed by atoms with E-state index >= 15 is 0 Å². The van der Waals surface area contributed by atoms with Gasteiger partial charge in [0.25, 0.3) is 11.8 Å². The second kappa shape index (κ2) is 12.0. The van der Waals surface area contributed by atoms with Gasteiger partial charge in [0, 0.05) is 38.5 Å². The van der Waals surface area contributed by atoms with E-state index in [1.807, 2.05) is 12.1 Å². The molecule has 4 N–H and O–H groups in total. The summed E-state index contributed by atoms with van der Waals surface area (Å²) in [6.45, 7) is 0.0686. The number of amides is 3. The largest absolute Gasteiger partial charge is 0.477 e. The number of pyridine rings is 1. The summed E-state index contributed by atoms with van der Waals surface area (Å²) in [5.41, 5.74) is 5.78. The quantitative estimate of drug-likeness (QED) is 0.215. The van der Waals surface area contributed by atoms with Crippen molar-refractivity contribution in [3.05, 3.63) is 64.0 Å². The number of primary amides is 1. The maximum absolute atomic E-state index is 12.9. The zero-order valence-corrected chi connectivity index (χ0v) is 23.0. The molecule has 2 atom stereocenters. The molecule has 1 saturated heterocycles. The van der Waals surface area contributed by atoms with Crippen LogP contribution in [-0.2, 0) is 25.7 Å². The summed E-state index contributed by atoms with van der Waals surface area (Å²) in [7, 11) is 0. The van der Waals surface area contributed by atoms with E-state index in [2.05, 4.69) is 5.32 Å². The van der Waals surface area contributed by atoms with E-state index in [-0.39, 0.29) is 23.9 Å². The summed E-state index contributed by atoms with van der Waals surface area (Å²) in [4.78, 5) is 51.3. The second-order valence-corrected chi connectivity index (χ2v) is 12.1. The first-order valence-electron chi connectivity index (χ1n) is 10.8. The number of nitrogens with two attached hydrogens (primary N) is 1. The van der Waals surface area contributed by atoms with E-state index < -0.39 is 29.2 Å². The molecular weight excluding hydrogens is 579 g/mol. The van der Waals surface area contributed by atoms with Gasteiger partial charge < -0.3 is 16.2 Å². The average molecular weight is 601 g/mol. The Morgan fingerprint density at radius 1 is 1.19 bits per heavy atom. The summed E-state index contributed by atoms with van der Waals surface area (Å²) >= 11 is 16.2. The number of fused-ring (bicyclic) bond motifs is 1. The van der Waals surface area contributed by atoms with Crippen molar-refractivity contribution in [2.75, 3.05) is 17.3 Å². The fraction of sp³-hybridized carbons (Fsp3) is 0.261. The second-order valence-electron chi connectivity index (χ2n) is 8.04. The van der Waals surface area contributed by atoms with Gasteiger partial charge in [-0.25, -0.2) is 4.79 Å². The van der Waals surface area contributed by atoms with Crippen LogP contribution in [0.3, 0.4) is 0 Å². The molecule has 0 saturated carbocycles. The van der Waals surface area contributed by atoms with Crippen molar-refractivity contribution >= 4 is 82.2 Å². The van der Waals surface area contributed by atoms with Gasteiger partial charge in [-0.1, -0.05) is 23.2 Å². The molecule has 194 valence electrons. The first-order chi connectivity index (χ1) is 17.6. The van der Waals surface area contributed by atoms with E-state index in [1.165, 1.54) is 40.2 Å². The smallest absolute Gasteiger partial charge is 0.352 e. The molecule has 3 heterocycles. The molecule has 14 heteroatoms. The number of aliphatic carboxylic acids is 1. The number of benzene rings is 1. The first kappa shape index (κ1) is 27.6. The maximum Gasteiger partial charge on any atom is 0.352 e. The van der Waals surface area contributed by atoms with Crippen LogP contribution in [-0.4, -0.2) is 62.4 Å². The minimum Gasteiger partial charge on any atom is -0.477 e. The van der Waals surface area contributed by atoms with Gasteiger partial charge in [-0.05, 0) is 23.8 Å². The van der Waals surface area contributed by atoms with E-state index in [0.717, 1.165) is 4.90 Å². The lowest BCUT2D eigenvalue weighted by molar-refractivity contribution is -0.684. The zero-order valence-electron chi connectivity index (χ0n) is 19.1. The number of carbonyl (C=O) groups excluding carboxylic acids is 3. The number of aromatic nitrogens is 1. The number of carboxylic acids is 1. The lowest BCUT2D eigenvalue weighted by Gasteiger charge is -2.49. The molecule has 1 aromatic heterocycles. The molecule has 2 aliphatic heterocycles. The Kier molecular flexibility index (Phi) is 8.96. The molecule has 37 heavy (non-hydrogen) atoms. The summed E-state index contributed by atoms with van der Waals surface area (Å²) in [6.07, 6.45) is 3.44. The van der Waals surface area contributed by atoms with Crippen molar-refractivity contribution in [2.24, 2.45) is 5.73 Å². The Hall–Kier alpha value is -2.38. The van der Waals surface area contributed by atoms with Crippen molar-refractivity contribution in [2.45, 2.75) is 27.8 Å². The van der Waals surface area contributed by atoms with Gasteiger partial charge in [-0.2, -0.15) is 4.57 Å². The molecule has 2 aromatic rings. The van der Waals surface area contributed by atoms with Gasteiger partial charge in [-0.15, -0.1) is 35.3 Å². The molecule has 1 fully saturated rings. The number of nitrogens with one attached hydrogen (secondary N) is 1. The molecule has 0 radical (unpaired) electrons. The molecule has 0 aliphatic carbocycles. The van der Waals surface area contributed by atoms with Crippen LogP contribution in [0.15, 0.2) is 63.8 Å². The van der Waals surface area contributed by atoms with Crippen LogP contribution in [0.4, 0.5) is 0 Å². The predicted molar refractivity (Wildman–Crippen MR) is 143 cm³/mol. The van der Waals surface area contributed by atoms with Crippen molar-refractivity contribution in [1.82, 2.24) is 10.2 Å². The number of hydrogen-bond acceptors (Lipinski definition) is 7. The van der Waals surface area contributed by atoms with Crippen LogP contribution in [0, 0.1) is 0 Å². The highest BCUT2D eigenvalue weighted by Crippen LogP contribution is 2.41. The normalized spacial score (nSPS) is 18.8. The van der Waals surface area contributed by atoms with Gasteiger partial charge in [-0.3, -0.25) is 19.3 Å². The standard InChI is InChI=1S/C23H20Cl2N4O5S3/c24-13-1-2-15(25)16(7-13)36-11-18(31)27-19-21(32)29-20(23(33)34)12(10-37-22(19)29)9-35-14-3-5-28(6-4-14)8-17(26)30/h1-7,19,22H,8-11H2,(H3-,26,27,30,31,33,34)/p+1/t19-,22-/m1/s1. The molecule has 9 nitrogen and oxygen atoms in total. The maximum atomic E-state index is 12.9. The van der Waals surface area contributed by atoms with Gasteiger partial charge in [0.2, 0.25) is 12.5 Å². The number of thioether (sulfide) groups is 3. The molecular formula is C23H21Cl2N4O5S3+. The first-order valence-corrected chi connectivity index (χ1v) is 14.6. The number of rotatable bonds is 10. The topological polar surface area (TPSA) is 134 Å². The summed E-state index contributed by atoms with van der Waals surface area (Å²) < 4.78 is 1.64. The Bertz CT molecular complexity index is 1290. The summed E-state index contributed by atoms with van der Waals surface area (Å²) in [5, 5.41) is 13.1. The lowest BCUT2D eigenvalue weighted by Crippen LogP contribution is -2.70. The lowest BCUT2D eigenvalue weighted by atomic mass is 10.0. The van der Waals surface area contributed by atoms with Gasteiger partial charge in [0.15, 0.2) is 12.4 Å². The van der Waals surface area contributed by atoms with Crippen LogP contribution in [0.5, 0.6) is 0 Å². The molecule has 0 bridgehead atoms. The van der Waals surface area contributed by atoms with E-state index in [9.17, 15) is 24.3 Å². The molecule has 0 spiro atoms. The number of carbonyl (C=O) groups is 4. The molecule has 0 unspecified atom stereocenters. The highest BCUT2D eigenvalue weighted by atomic mass is 35.5. The molecule has 4 rings (SSSR count). The van der Waals surface area contributed by atoms with Crippen LogP contribution < -0.4 is 15.6 Å². The van der Waals surface area contributed by atoms with E-state index in [4.69, 9.17) is 28.9 Å². The predicted octanol–water partition coefficient (Wildman–Crippen LogP) is 2.39. The van der Waals surface area contributed by atoms with E-state index in [1.54, 1.807) is 35.2 Å². The monoisotopic (exact) mass is 599 g/mol. The van der Waals surface area contributed by atoms with Crippen LogP contribution in [0.2, 0.25) is 10.0 Å².